The van der Waals surface area contributed by atoms with E-state index in [-0.39, 0.29) is 33.6 Å². The van der Waals surface area contributed by atoms with Crippen LogP contribution in [0.5, 0.6) is 5.75 Å². The number of methoxy groups -OCH3 is 1. The first-order valence-corrected chi connectivity index (χ1v) is 11.2. The molecule has 1 heterocycles. The van der Waals surface area contributed by atoms with Crippen molar-refractivity contribution in [2.75, 3.05) is 38.2 Å². The maximum Gasteiger partial charge on any atom is 0.255 e. The predicted octanol–water partition coefficient (Wildman–Crippen LogP) is 1.68. The minimum atomic E-state index is -3.52. The summed E-state index contributed by atoms with van der Waals surface area (Å²) in [6.07, 6.45) is 4.85. The summed E-state index contributed by atoms with van der Waals surface area (Å²) in [7, 11) is -2.09. The molecule has 1 aliphatic heterocycles. The third kappa shape index (κ3) is 4.55. The molecule has 2 aliphatic rings. The van der Waals surface area contributed by atoms with Crippen molar-refractivity contribution < 1.29 is 17.9 Å². The summed E-state index contributed by atoms with van der Waals surface area (Å²) in [6.45, 7) is 4.30. The highest BCUT2D eigenvalue weighted by molar-refractivity contribution is 7.91. The smallest absolute Gasteiger partial charge is 0.255 e. The fraction of sp³-hybridized carbons (Fsp3) is 0.632. The summed E-state index contributed by atoms with van der Waals surface area (Å²) >= 11 is 0. The summed E-state index contributed by atoms with van der Waals surface area (Å²) in [6, 6.07) is 3.08. The topological polar surface area (TPSA) is 102 Å². The number of rotatable bonds is 8. The van der Waals surface area contributed by atoms with E-state index < -0.39 is 9.84 Å². The van der Waals surface area contributed by atoms with Gasteiger partial charge in [-0.2, -0.15) is 0 Å². The van der Waals surface area contributed by atoms with Gasteiger partial charge in [-0.1, -0.05) is 6.92 Å². The number of carbonyl (C=O) groups is 1. The molecule has 7 nitrogen and oxygen atoms in total. The Hall–Kier alpha value is -1.80. The molecule has 0 radical (unpaired) electrons. The second kappa shape index (κ2) is 8.06. The Bertz CT molecular complexity index is 805. The number of nitrogens with two attached hydrogens (primary N) is 1. The maximum absolute atomic E-state index is 12.8. The van der Waals surface area contributed by atoms with Crippen LogP contribution in [0.2, 0.25) is 0 Å². The molecule has 1 aromatic carbocycles. The molecule has 1 aliphatic carbocycles. The fourth-order valence-corrected chi connectivity index (χ4v) is 4.68. The number of nitrogens with zero attached hydrogens (tertiary/aromatic N) is 1. The molecule has 1 saturated heterocycles. The van der Waals surface area contributed by atoms with E-state index in [0.717, 1.165) is 31.8 Å². The Kier molecular flexibility index (Phi) is 5.95. The van der Waals surface area contributed by atoms with Crippen molar-refractivity contribution in [2.45, 2.75) is 43.5 Å². The second-order valence-corrected chi connectivity index (χ2v) is 9.68. The van der Waals surface area contributed by atoms with Gasteiger partial charge in [0.05, 0.1) is 29.0 Å². The normalized spacial score (nSPS) is 20.6. The van der Waals surface area contributed by atoms with Crippen molar-refractivity contribution in [3.8, 4) is 5.75 Å². The van der Waals surface area contributed by atoms with E-state index in [0.29, 0.717) is 12.6 Å². The number of amides is 1. The summed E-state index contributed by atoms with van der Waals surface area (Å²) in [4.78, 5) is 15.2. The third-order valence-corrected chi connectivity index (χ3v) is 7.26. The van der Waals surface area contributed by atoms with E-state index in [1.807, 2.05) is 0 Å². The quantitative estimate of drug-likeness (QED) is 0.649. The number of hydrogen-bond acceptors (Lipinski definition) is 6. The van der Waals surface area contributed by atoms with Gasteiger partial charge < -0.3 is 15.8 Å². The van der Waals surface area contributed by atoms with Crippen LogP contribution in [0.1, 0.15) is 43.0 Å². The number of ether oxygens (including phenoxy) is 1. The second-order valence-electron chi connectivity index (χ2n) is 7.44. The summed E-state index contributed by atoms with van der Waals surface area (Å²) in [5.41, 5.74) is 6.17. The SMILES string of the molecule is CCS(=O)(=O)c1cc(C(=O)NCC2CCCN2CC2CC2)c(OC)cc1N. The molecule has 0 aromatic heterocycles. The van der Waals surface area contributed by atoms with Crippen LogP contribution >= 0.6 is 0 Å². The van der Waals surface area contributed by atoms with Gasteiger partial charge in [0.1, 0.15) is 5.75 Å². The molecular formula is C19H29N3O4S. The van der Waals surface area contributed by atoms with Crippen LogP contribution in [0.4, 0.5) is 5.69 Å². The van der Waals surface area contributed by atoms with Gasteiger partial charge in [-0.05, 0) is 44.2 Å². The molecule has 1 saturated carbocycles. The van der Waals surface area contributed by atoms with Crippen molar-refractivity contribution in [2.24, 2.45) is 5.92 Å². The first-order chi connectivity index (χ1) is 12.9. The fourth-order valence-electron chi connectivity index (χ4n) is 3.65. The van der Waals surface area contributed by atoms with Crippen LogP contribution in [0, 0.1) is 5.92 Å². The van der Waals surface area contributed by atoms with Crippen molar-refractivity contribution >= 4 is 21.4 Å². The van der Waals surface area contributed by atoms with Gasteiger partial charge >= 0.3 is 0 Å². The van der Waals surface area contributed by atoms with Gasteiger partial charge in [-0.15, -0.1) is 0 Å². The number of likely N-dealkylation sites (tertiary alicyclic amines) is 1. The Morgan fingerprint density at radius 1 is 1.33 bits per heavy atom. The summed E-state index contributed by atoms with van der Waals surface area (Å²) in [5.74, 6) is 0.683. The van der Waals surface area contributed by atoms with Crippen LogP contribution < -0.4 is 15.8 Å². The number of carbonyl (C=O) groups excluding carboxylic acids is 1. The van der Waals surface area contributed by atoms with Crippen molar-refractivity contribution in [3.63, 3.8) is 0 Å². The van der Waals surface area contributed by atoms with Gasteiger partial charge in [-0.3, -0.25) is 9.69 Å². The van der Waals surface area contributed by atoms with Gasteiger partial charge in [0.25, 0.3) is 5.91 Å². The van der Waals surface area contributed by atoms with Gasteiger partial charge in [-0.25, -0.2) is 8.42 Å². The highest BCUT2D eigenvalue weighted by Gasteiger charge is 2.31. The summed E-state index contributed by atoms with van der Waals surface area (Å²) < 4.78 is 29.8. The van der Waals surface area contributed by atoms with Gasteiger partial charge in [0.15, 0.2) is 9.84 Å². The van der Waals surface area contributed by atoms with E-state index in [1.54, 1.807) is 6.92 Å². The molecule has 150 valence electrons. The lowest BCUT2D eigenvalue weighted by molar-refractivity contribution is 0.0937. The van der Waals surface area contributed by atoms with E-state index in [1.165, 1.54) is 32.1 Å². The molecule has 8 heteroatoms. The van der Waals surface area contributed by atoms with Crippen LogP contribution in [0.25, 0.3) is 0 Å². The largest absolute Gasteiger partial charge is 0.496 e. The number of nitrogen functional groups attached to an aromatic ring is 1. The first kappa shape index (κ1) is 19.9. The third-order valence-electron chi connectivity index (χ3n) is 5.48. The van der Waals surface area contributed by atoms with E-state index in [2.05, 4.69) is 10.2 Å². The number of hydrogen-bond donors (Lipinski definition) is 2. The summed E-state index contributed by atoms with van der Waals surface area (Å²) in [5, 5.41) is 2.96. The zero-order chi connectivity index (χ0) is 19.6. The average Bonchev–Trinajstić information content (AvgIpc) is 3.36. The van der Waals surface area contributed by atoms with Gasteiger partial charge in [0.2, 0.25) is 0 Å². The van der Waals surface area contributed by atoms with Gasteiger partial charge in [0, 0.05) is 25.2 Å². The van der Waals surface area contributed by atoms with Crippen LogP contribution in [-0.4, -0.2) is 57.8 Å². The Morgan fingerprint density at radius 2 is 2.07 bits per heavy atom. The zero-order valence-electron chi connectivity index (χ0n) is 16.0. The first-order valence-electron chi connectivity index (χ1n) is 9.58. The Morgan fingerprint density at radius 3 is 2.70 bits per heavy atom. The molecule has 3 rings (SSSR count). The zero-order valence-corrected chi connectivity index (χ0v) is 16.8. The standard InChI is InChI=1S/C19H29N3O4S/c1-3-27(24,25)18-9-15(17(26-2)10-16(18)20)19(23)21-11-14-5-4-8-22(14)12-13-6-7-13/h9-10,13-14H,3-8,11-12,20H2,1-2H3,(H,21,23). The van der Waals surface area contributed by atoms with Crippen LogP contribution in [0.3, 0.4) is 0 Å². The molecule has 3 N–H and O–H groups in total. The number of benzene rings is 1. The van der Waals surface area contributed by atoms with E-state index >= 15 is 0 Å². The lowest BCUT2D eigenvalue weighted by Crippen LogP contribution is -2.41. The minimum Gasteiger partial charge on any atom is -0.496 e. The highest BCUT2D eigenvalue weighted by atomic mass is 32.2. The van der Waals surface area contributed by atoms with Crippen molar-refractivity contribution in [1.82, 2.24) is 10.2 Å². The molecule has 0 spiro atoms. The predicted molar refractivity (Wildman–Crippen MR) is 105 cm³/mol. The molecule has 1 atom stereocenters. The average molecular weight is 396 g/mol. The maximum atomic E-state index is 12.8. The Balaban J connectivity index is 1.74. The van der Waals surface area contributed by atoms with Crippen LogP contribution in [0.15, 0.2) is 17.0 Å². The van der Waals surface area contributed by atoms with E-state index in [9.17, 15) is 13.2 Å². The van der Waals surface area contributed by atoms with Crippen molar-refractivity contribution in [3.05, 3.63) is 17.7 Å². The molecule has 27 heavy (non-hydrogen) atoms. The monoisotopic (exact) mass is 395 g/mol. The molecule has 2 fully saturated rings. The Labute approximate surface area is 161 Å². The van der Waals surface area contributed by atoms with Crippen LogP contribution in [-0.2, 0) is 9.84 Å². The lowest BCUT2D eigenvalue weighted by Gasteiger charge is -2.24. The number of nitrogens with one attached hydrogen (secondary N) is 1. The highest BCUT2D eigenvalue weighted by Crippen LogP contribution is 2.32. The van der Waals surface area contributed by atoms with Crippen molar-refractivity contribution in [1.29, 1.82) is 0 Å². The lowest BCUT2D eigenvalue weighted by atomic mass is 10.1. The minimum absolute atomic E-state index is 0.0211. The molecular weight excluding hydrogens is 366 g/mol. The molecule has 1 unspecified atom stereocenters. The molecule has 1 amide bonds. The molecule has 0 bridgehead atoms. The number of anilines is 1. The van der Waals surface area contributed by atoms with E-state index in [4.69, 9.17) is 10.5 Å². The molecule has 1 aromatic rings. The number of sulfone groups is 1.